The molecule has 12 heteroatoms. The summed E-state index contributed by atoms with van der Waals surface area (Å²) in [6.07, 6.45) is 2.81. The first kappa shape index (κ1) is 33.0. The highest BCUT2D eigenvalue weighted by atomic mass is 35.5. The molecule has 2 aliphatic rings. The predicted molar refractivity (Wildman–Crippen MR) is 190 cm³/mol. The van der Waals surface area contributed by atoms with E-state index < -0.39 is 0 Å². The summed E-state index contributed by atoms with van der Waals surface area (Å²) < 4.78 is 11.7. The molecular formula is C37H36Cl2N6O4. The van der Waals surface area contributed by atoms with Crippen molar-refractivity contribution in [3.8, 4) is 39.4 Å². The highest BCUT2D eigenvalue weighted by molar-refractivity contribution is 6.39. The van der Waals surface area contributed by atoms with Crippen LogP contribution < -0.4 is 26.0 Å². The van der Waals surface area contributed by atoms with Crippen LogP contribution in [0, 0.1) is 0 Å². The van der Waals surface area contributed by atoms with Gasteiger partial charge in [-0.1, -0.05) is 71.7 Å². The summed E-state index contributed by atoms with van der Waals surface area (Å²) in [5.74, 6) is 1.28. The van der Waals surface area contributed by atoms with Gasteiger partial charge in [0.2, 0.25) is 23.6 Å². The summed E-state index contributed by atoms with van der Waals surface area (Å²) in [5, 5.41) is 13.7. The Morgan fingerprint density at radius 2 is 1.43 bits per heavy atom. The summed E-state index contributed by atoms with van der Waals surface area (Å²) >= 11 is 14.2. The molecule has 0 spiro atoms. The summed E-state index contributed by atoms with van der Waals surface area (Å²) in [7, 11) is 1.60. The molecule has 2 aromatic heterocycles. The average Bonchev–Trinajstić information content (AvgIpc) is 3.84. The van der Waals surface area contributed by atoms with Gasteiger partial charge in [-0.2, -0.15) is 0 Å². The number of pyridine rings is 1. The topological polar surface area (TPSA) is 130 Å². The van der Waals surface area contributed by atoms with E-state index in [4.69, 9.17) is 37.3 Å². The van der Waals surface area contributed by atoms with Crippen molar-refractivity contribution in [3.05, 3.63) is 88.2 Å². The first-order valence-electron chi connectivity index (χ1n) is 16.4. The molecule has 4 N–H and O–H groups in total. The van der Waals surface area contributed by atoms with Gasteiger partial charge in [0.15, 0.2) is 5.58 Å². The van der Waals surface area contributed by atoms with Crippen LogP contribution in [0.2, 0.25) is 10.0 Å². The van der Waals surface area contributed by atoms with Crippen LogP contribution in [0.4, 0.5) is 0 Å². The lowest BCUT2D eigenvalue weighted by Crippen LogP contribution is -2.35. The van der Waals surface area contributed by atoms with Crippen molar-refractivity contribution in [2.45, 2.75) is 50.9 Å². The van der Waals surface area contributed by atoms with E-state index in [0.29, 0.717) is 72.1 Å². The molecule has 10 nitrogen and oxygen atoms in total. The lowest BCUT2D eigenvalue weighted by atomic mass is 9.96. The smallest absolute Gasteiger partial charge is 0.220 e. The number of rotatable bonds is 12. The molecule has 4 heterocycles. The third-order valence-electron chi connectivity index (χ3n) is 8.98. The minimum atomic E-state index is 0.0972. The highest BCUT2D eigenvalue weighted by Crippen LogP contribution is 2.42. The van der Waals surface area contributed by atoms with Gasteiger partial charge in [0.25, 0.3) is 0 Å². The quantitative estimate of drug-likeness (QED) is 0.120. The third kappa shape index (κ3) is 7.28. The van der Waals surface area contributed by atoms with Crippen LogP contribution in [0.1, 0.15) is 37.1 Å². The molecule has 2 saturated heterocycles. The maximum Gasteiger partial charge on any atom is 0.220 e. The van der Waals surface area contributed by atoms with Gasteiger partial charge in [-0.15, -0.1) is 0 Å². The molecule has 3 aromatic carbocycles. The monoisotopic (exact) mass is 698 g/mol. The summed E-state index contributed by atoms with van der Waals surface area (Å²) in [4.78, 5) is 32.4. The van der Waals surface area contributed by atoms with Gasteiger partial charge in [-0.3, -0.25) is 9.59 Å². The Kier molecular flexibility index (Phi) is 9.81. The maximum absolute atomic E-state index is 11.5. The zero-order valence-corrected chi connectivity index (χ0v) is 28.5. The van der Waals surface area contributed by atoms with Gasteiger partial charge in [0.1, 0.15) is 5.52 Å². The average molecular weight is 700 g/mol. The number of hydrogen-bond acceptors (Lipinski definition) is 8. The van der Waals surface area contributed by atoms with E-state index in [1.807, 2.05) is 66.7 Å². The number of fused-ring (bicyclic) bond motifs is 1. The highest BCUT2D eigenvalue weighted by Gasteiger charge is 2.22. The van der Waals surface area contributed by atoms with Crippen LogP contribution in [0.3, 0.4) is 0 Å². The molecule has 2 aliphatic heterocycles. The van der Waals surface area contributed by atoms with Gasteiger partial charge in [0.05, 0.1) is 29.4 Å². The van der Waals surface area contributed by atoms with Gasteiger partial charge in [0, 0.05) is 72.4 Å². The maximum atomic E-state index is 11.5. The number of carbonyl (C=O) groups is 2. The van der Waals surface area contributed by atoms with Gasteiger partial charge >= 0.3 is 0 Å². The second-order valence-electron chi connectivity index (χ2n) is 12.4. The Morgan fingerprint density at radius 1 is 0.796 bits per heavy atom. The Balaban J connectivity index is 1.09. The number of methoxy groups -OCH3 is 1. The van der Waals surface area contributed by atoms with Crippen LogP contribution in [-0.2, 0) is 22.7 Å². The number of ether oxygens (including phenoxy) is 1. The van der Waals surface area contributed by atoms with Crippen molar-refractivity contribution in [1.82, 2.24) is 31.2 Å². The molecule has 252 valence electrons. The largest absolute Gasteiger partial charge is 0.481 e. The molecule has 0 radical (unpaired) electrons. The standard InChI is InChI=1S/C37H36Cl2N6O4/c1-48-37-22(17-40-18-23-10-14-32(46)42-23)9-12-29(45-37)28-7-3-6-27(36(28)39)26-5-2-4-25(35(26)38)21-8-13-30-31(16-21)49-34(44-30)20-41-19-24-11-15-33(47)43-24/h2-9,12-13,16,23-24,40-41H,10-11,14-15,17-20H2,1H3,(H,42,46)(H,43,47). The van der Waals surface area contributed by atoms with E-state index in [9.17, 15) is 9.59 Å². The van der Waals surface area contributed by atoms with Gasteiger partial charge in [-0.05, 0) is 36.6 Å². The summed E-state index contributed by atoms with van der Waals surface area (Å²) in [5.41, 5.74) is 7.06. The Hall–Kier alpha value is -4.48. The van der Waals surface area contributed by atoms with Gasteiger partial charge in [-0.25, -0.2) is 9.97 Å². The fourth-order valence-corrected chi connectivity index (χ4v) is 7.10. The first-order valence-corrected chi connectivity index (χ1v) is 17.1. The number of aromatic nitrogens is 2. The molecule has 2 atom stereocenters. The van der Waals surface area contributed by atoms with Crippen molar-refractivity contribution in [1.29, 1.82) is 0 Å². The lowest BCUT2D eigenvalue weighted by molar-refractivity contribution is -0.120. The summed E-state index contributed by atoms with van der Waals surface area (Å²) in [6.45, 7) is 2.36. The summed E-state index contributed by atoms with van der Waals surface area (Å²) in [6, 6.07) is 21.8. The minimum Gasteiger partial charge on any atom is -0.481 e. The third-order valence-corrected chi connectivity index (χ3v) is 9.80. The zero-order valence-electron chi connectivity index (χ0n) is 26.9. The van der Waals surface area contributed by atoms with Crippen molar-refractivity contribution in [2.75, 3.05) is 20.2 Å². The van der Waals surface area contributed by atoms with E-state index in [-0.39, 0.29) is 23.9 Å². The molecule has 2 unspecified atom stereocenters. The number of benzene rings is 3. The number of nitrogens with zero attached hydrogens (tertiary/aromatic N) is 2. The molecule has 7 rings (SSSR count). The van der Waals surface area contributed by atoms with E-state index in [0.717, 1.165) is 51.7 Å². The Morgan fingerprint density at radius 3 is 2.08 bits per heavy atom. The van der Waals surface area contributed by atoms with Crippen LogP contribution in [0.15, 0.2) is 71.1 Å². The number of amides is 2. The SMILES string of the molecule is COc1nc(-c2cccc(-c3cccc(-c4ccc5nc(CNCC6CCC(=O)N6)oc5c4)c3Cl)c2Cl)ccc1CNCC1CCC(=O)N1. The van der Waals surface area contributed by atoms with E-state index in [1.165, 1.54) is 0 Å². The van der Waals surface area contributed by atoms with Crippen molar-refractivity contribution < 1.29 is 18.7 Å². The van der Waals surface area contributed by atoms with Crippen molar-refractivity contribution in [2.24, 2.45) is 0 Å². The van der Waals surface area contributed by atoms with Crippen LogP contribution in [-0.4, -0.2) is 54.1 Å². The first-order chi connectivity index (χ1) is 23.9. The molecule has 0 aliphatic carbocycles. The number of oxazole rings is 1. The number of hydrogen-bond donors (Lipinski definition) is 4. The zero-order chi connectivity index (χ0) is 33.9. The Labute approximate surface area is 293 Å². The second-order valence-corrected chi connectivity index (χ2v) is 13.1. The molecule has 49 heavy (non-hydrogen) atoms. The number of nitrogens with one attached hydrogen (secondary N) is 4. The Bertz CT molecular complexity index is 2030. The fourth-order valence-electron chi connectivity index (χ4n) is 6.44. The molecule has 5 aromatic rings. The van der Waals surface area contributed by atoms with Gasteiger partial charge < -0.3 is 30.4 Å². The number of carbonyl (C=O) groups excluding carboxylic acids is 2. The van der Waals surface area contributed by atoms with Crippen LogP contribution >= 0.6 is 23.2 Å². The minimum absolute atomic E-state index is 0.0972. The lowest BCUT2D eigenvalue weighted by Gasteiger charge is -2.15. The van der Waals surface area contributed by atoms with Crippen molar-refractivity contribution >= 4 is 46.1 Å². The van der Waals surface area contributed by atoms with E-state index >= 15 is 0 Å². The molecule has 0 saturated carbocycles. The molecule has 0 bridgehead atoms. The molecule has 2 amide bonds. The number of halogens is 2. The van der Waals surface area contributed by atoms with E-state index in [1.54, 1.807) is 7.11 Å². The predicted octanol–water partition coefficient (Wildman–Crippen LogP) is 6.28. The normalized spacial score (nSPS) is 17.4. The van der Waals surface area contributed by atoms with E-state index in [2.05, 4.69) is 26.3 Å². The molecular weight excluding hydrogens is 663 g/mol. The molecule has 2 fully saturated rings. The van der Waals surface area contributed by atoms with Crippen molar-refractivity contribution in [3.63, 3.8) is 0 Å². The van der Waals surface area contributed by atoms with Crippen LogP contribution in [0.5, 0.6) is 5.88 Å². The second kappa shape index (κ2) is 14.6. The van der Waals surface area contributed by atoms with Crippen LogP contribution in [0.25, 0.3) is 44.6 Å². The fraction of sp³-hybridized carbons (Fsp3) is 0.297.